The molecule has 0 aliphatic heterocycles. The minimum Gasteiger partial charge on any atom is -0.348 e. The van der Waals surface area contributed by atoms with E-state index in [0.717, 1.165) is 4.88 Å². The van der Waals surface area contributed by atoms with Crippen LogP contribution in [-0.4, -0.2) is 17.7 Å². The third-order valence-corrected chi connectivity index (χ3v) is 5.45. The molecule has 1 atom stereocenters. The zero-order chi connectivity index (χ0) is 21.5. The lowest BCUT2D eigenvalue weighted by Gasteiger charge is -2.17. The van der Waals surface area contributed by atoms with Crippen LogP contribution in [0.5, 0.6) is 0 Å². The van der Waals surface area contributed by atoms with Crippen molar-refractivity contribution >= 4 is 52.0 Å². The highest BCUT2D eigenvalue weighted by atomic mass is 35.5. The van der Waals surface area contributed by atoms with Crippen LogP contribution >= 0.6 is 22.9 Å². The summed E-state index contributed by atoms with van der Waals surface area (Å²) in [6.45, 7) is 1.42. The molecular formula is C22H20ClN3O3S. The van der Waals surface area contributed by atoms with Gasteiger partial charge in [-0.2, -0.15) is 0 Å². The lowest BCUT2D eigenvalue weighted by atomic mass is 10.1. The number of thiophene rings is 1. The maximum Gasteiger partial charge on any atom is 0.255 e. The largest absolute Gasteiger partial charge is 0.348 e. The van der Waals surface area contributed by atoms with Crippen LogP contribution in [0, 0.1) is 0 Å². The van der Waals surface area contributed by atoms with Gasteiger partial charge in [0.25, 0.3) is 5.91 Å². The van der Waals surface area contributed by atoms with Crippen molar-refractivity contribution in [3.05, 3.63) is 81.5 Å². The zero-order valence-electron chi connectivity index (χ0n) is 16.1. The second-order valence-corrected chi connectivity index (χ2v) is 7.94. The molecule has 0 aliphatic carbocycles. The zero-order valence-corrected chi connectivity index (χ0v) is 17.7. The first-order valence-electron chi connectivity index (χ1n) is 9.18. The van der Waals surface area contributed by atoms with Crippen molar-refractivity contribution < 1.29 is 14.4 Å². The second kappa shape index (κ2) is 10.0. The predicted octanol–water partition coefficient (Wildman–Crippen LogP) is 4.86. The number of hydrogen-bond acceptors (Lipinski definition) is 4. The van der Waals surface area contributed by atoms with Gasteiger partial charge in [0, 0.05) is 22.4 Å². The summed E-state index contributed by atoms with van der Waals surface area (Å²) in [4.78, 5) is 37.6. The van der Waals surface area contributed by atoms with E-state index in [1.165, 1.54) is 18.3 Å². The summed E-state index contributed by atoms with van der Waals surface area (Å²) >= 11 is 7.33. The Balaban J connectivity index is 1.70. The average molecular weight is 442 g/mol. The first-order chi connectivity index (χ1) is 14.4. The Labute approximate surface area is 183 Å². The number of anilines is 2. The van der Waals surface area contributed by atoms with Crippen LogP contribution in [0.3, 0.4) is 0 Å². The fraction of sp³-hybridized carbons (Fsp3) is 0.136. The number of para-hydroxylation sites is 2. The van der Waals surface area contributed by atoms with Crippen molar-refractivity contribution in [2.75, 3.05) is 10.6 Å². The topological polar surface area (TPSA) is 87.3 Å². The van der Waals surface area contributed by atoms with Gasteiger partial charge in [0.05, 0.1) is 23.8 Å². The first kappa shape index (κ1) is 21.5. The van der Waals surface area contributed by atoms with Crippen LogP contribution < -0.4 is 16.0 Å². The standard InChI is InChI=1S/C22H20ClN3O3S/c1-14(27)24-19(20-7-4-12-30-20)13-21(28)25-17-5-2-3-6-18(17)26-22(29)15-8-10-16(23)11-9-15/h2-12,19H,13H2,1H3,(H,24,27)(H,25,28)(H,26,29). The van der Waals surface area contributed by atoms with E-state index >= 15 is 0 Å². The summed E-state index contributed by atoms with van der Waals surface area (Å²) in [7, 11) is 0. The van der Waals surface area contributed by atoms with Gasteiger partial charge < -0.3 is 16.0 Å². The molecule has 0 radical (unpaired) electrons. The predicted molar refractivity (Wildman–Crippen MR) is 120 cm³/mol. The van der Waals surface area contributed by atoms with Crippen molar-refractivity contribution in [3.63, 3.8) is 0 Å². The van der Waals surface area contributed by atoms with E-state index in [2.05, 4.69) is 16.0 Å². The number of benzene rings is 2. The molecule has 0 aliphatic rings. The van der Waals surface area contributed by atoms with Gasteiger partial charge in [-0.3, -0.25) is 14.4 Å². The van der Waals surface area contributed by atoms with E-state index < -0.39 is 6.04 Å². The first-order valence-corrected chi connectivity index (χ1v) is 10.4. The van der Waals surface area contributed by atoms with E-state index in [0.29, 0.717) is 22.0 Å². The van der Waals surface area contributed by atoms with Crippen LogP contribution in [0.15, 0.2) is 66.0 Å². The third kappa shape index (κ3) is 5.92. The van der Waals surface area contributed by atoms with Gasteiger partial charge in [-0.05, 0) is 47.8 Å². The van der Waals surface area contributed by atoms with Crippen molar-refractivity contribution in [2.24, 2.45) is 0 Å². The second-order valence-electron chi connectivity index (χ2n) is 6.53. The maximum atomic E-state index is 12.7. The van der Waals surface area contributed by atoms with Crippen LogP contribution in [0.4, 0.5) is 11.4 Å². The summed E-state index contributed by atoms with van der Waals surface area (Å²) in [5, 5.41) is 10.9. The molecule has 1 heterocycles. The molecule has 3 rings (SSSR count). The number of carbonyl (C=O) groups is 3. The van der Waals surface area contributed by atoms with Gasteiger partial charge in [0.1, 0.15) is 0 Å². The Kier molecular flexibility index (Phi) is 7.21. The summed E-state index contributed by atoms with van der Waals surface area (Å²) in [6.07, 6.45) is 0.0690. The van der Waals surface area contributed by atoms with Crippen molar-refractivity contribution in [1.82, 2.24) is 5.32 Å². The molecule has 0 bridgehead atoms. The van der Waals surface area contributed by atoms with Gasteiger partial charge in [-0.25, -0.2) is 0 Å². The van der Waals surface area contributed by atoms with E-state index in [1.54, 1.807) is 48.5 Å². The highest BCUT2D eigenvalue weighted by molar-refractivity contribution is 7.10. The highest BCUT2D eigenvalue weighted by Gasteiger charge is 2.19. The number of amides is 3. The quantitative estimate of drug-likeness (QED) is 0.489. The Hall–Kier alpha value is -3.16. The normalized spacial score (nSPS) is 11.4. The van der Waals surface area contributed by atoms with E-state index in [9.17, 15) is 14.4 Å². The Bertz CT molecular complexity index is 1040. The van der Waals surface area contributed by atoms with Gasteiger partial charge >= 0.3 is 0 Å². The average Bonchev–Trinajstić information content (AvgIpc) is 3.24. The van der Waals surface area contributed by atoms with Crippen molar-refractivity contribution in [1.29, 1.82) is 0 Å². The van der Waals surface area contributed by atoms with Crippen molar-refractivity contribution in [3.8, 4) is 0 Å². The molecule has 1 aromatic heterocycles. The molecule has 0 spiro atoms. The number of halogens is 1. The molecule has 8 heteroatoms. The molecule has 3 amide bonds. The Morgan fingerprint density at radius 3 is 2.20 bits per heavy atom. The number of nitrogens with one attached hydrogen (secondary N) is 3. The van der Waals surface area contributed by atoms with Crippen LogP contribution in [0.1, 0.15) is 34.6 Å². The van der Waals surface area contributed by atoms with Crippen molar-refractivity contribution in [2.45, 2.75) is 19.4 Å². The fourth-order valence-electron chi connectivity index (χ4n) is 2.84. The SMILES string of the molecule is CC(=O)NC(CC(=O)Nc1ccccc1NC(=O)c1ccc(Cl)cc1)c1cccs1. The number of hydrogen-bond donors (Lipinski definition) is 3. The molecule has 0 saturated heterocycles. The maximum absolute atomic E-state index is 12.7. The van der Waals surface area contributed by atoms with Gasteiger partial charge in [0.2, 0.25) is 11.8 Å². The molecule has 3 aromatic rings. The summed E-state index contributed by atoms with van der Waals surface area (Å²) in [6, 6.07) is 16.8. The Morgan fingerprint density at radius 2 is 1.60 bits per heavy atom. The fourth-order valence-corrected chi connectivity index (χ4v) is 3.75. The van der Waals surface area contributed by atoms with Crippen LogP contribution in [0.2, 0.25) is 5.02 Å². The summed E-state index contributed by atoms with van der Waals surface area (Å²) < 4.78 is 0. The van der Waals surface area contributed by atoms with Crippen LogP contribution in [0.25, 0.3) is 0 Å². The minimum atomic E-state index is -0.418. The molecule has 1 unspecified atom stereocenters. The molecule has 0 saturated carbocycles. The molecule has 3 N–H and O–H groups in total. The summed E-state index contributed by atoms with van der Waals surface area (Å²) in [5.74, 6) is -0.810. The van der Waals surface area contributed by atoms with Gasteiger partial charge in [-0.1, -0.05) is 29.8 Å². The third-order valence-electron chi connectivity index (χ3n) is 4.21. The number of carbonyl (C=O) groups excluding carboxylic acids is 3. The van der Waals surface area contributed by atoms with Gasteiger partial charge in [-0.15, -0.1) is 11.3 Å². The van der Waals surface area contributed by atoms with E-state index in [-0.39, 0.29) is 24.1 Å². The Morgan fingerprint density at radius 1 is 0.933 bits per heavy atom. The monoisotopic (exact) mass is 441 g/mol. The molecule has 6 nitrogen and oxygen atoms in total. The molecule has 0 fully saturated rings. The van der Waals surface area contributed by atoms with Crippen LogP contribution in [-0.2, 0) is 9.59 Å². The van der Waals surface area contributed by atoms with E-state index in [1.807, 2.05) is 17.5 Å². The smallest absolute Gasteiger partial charge is 0.255 e. The highest BCUT2D eigenvalue weighted by Crippen LogP contribution is 2.25. The summed E-state index contributed by atoms with van der Waals surface area (Å²) in [5.41, 5.74) is 1.39. The molecule has 154 valence electrons. The molecule has 2 aromatic carbocycles. The van der Waals surface area contributed by atoms with E-state index in [4.69, 9.17) is 11.6 Å². The molecule has 30 heavy (non-hydrogen) atoms. The number of rotatable bonds is 7. The molecular weight excluding hydrogens is 422 g/mol. The van der Waals surface area contributed by atoms with Gasteiger partial charge in [0.15, 0.2) is 0 Å². The lowest BCUT2D eigenvalue weighted by Crippen LogP contribution is -2.29. The lowest BCUT2D eigenvalue weighted by molar-refractivity contribution is -0.120. The minimum absolute atomic E-state index is 0.0690.